The van der Waals surface area contributed by atoms with Gasteiger partial charge in [0.1, 0.15) is 12.1 Å². The molecule has 0 aliphatic carbocycles. The molecule has 14 nitrogen and oxygen atoms in total. The number of nitrogens with zero attached hydrogens (tertiary/aromatic N) is 2. The number of benzene rings is 3. The van der Waals surface area contributed by atoms with Crippen molar-refractivity contribution in [1.82, 2.24) is 15.5 Å². The molecule has 3 aromatic rings. The zero-order valence-corrected chi connectivity index (χ0v) is 29.8. The Balaban J connectivity index is 0.00000102. The number of ether oxygens (including phenoxy) is 1. The van der Waals surface area contributed by atoms with Crippen molar-refractivity contribution < 1.29 is 47.0 Å². The molecule has 17 heteroatoms. The number of rotatable bonds is 16. The van der Waals surface area contributed by atoms with Crippen LogP contribution in [0, 0.1) is 0 Å². The summed E-state index contributed by atoms with van der Waals surface area (Å²) in [5.41, 5.74) is 18.2. The van der Waals surface area contributed by atoms with Gasteiger partial charge in [0.15, 0.2) is 5.96 Å². The van der Waals surface area contributed by atoms with E-state index in [9.17, 15) is 32.3 Å². The topological polar surface area (TPSA) is 233 Å². The molecule has 1 aliphatic rings. The maximum atomic E-state index is 14.3. The smallest absolute Gasteiger partial charge is 0.475 e. The number of hydrogen-bond acceptors (Lipinski definition) is 7. The van der Waals surface area contributed by atoms with Crippen molar-refractivity contribution in [3.63, 3.8) is 0 Å². The lowest BCUT2D eigenvalue weighted by atomic mass is 10.0. The highest BCUT2D eigenvalue weighted by atomic mass is 19.4. The number of nitrogens with two attached hydrogens (primary N) is 3. The Labute approximate surface area is 310 Å². The van der Waals surface area contributed by atoms with Gasteiger partial charge < -0.3 is 42.6 Å². The molecule has 0 unspecified atom stereocenters. The van der Waals surface area contributed by atoms with Crippen molar-refractivity contribution >= 4 is 46.3 Å². The lowest BCUT2D eigenvalue weighted by molar-refractivity contribution is -0.192. The molecule has 0 bridgehead atoms. The number of nitrogens with one attached hydrogen (secondary N) is 2. The van der Waals surface area contributed by atoms with Gasteiger partial charge in [-0.05, 0) is 53.6 Å². The molecule has 0 spiro atoms. The maximum Gasteiger partial charge on any atom is 0.490 e. The summed E-state index contributed by atoms with van der Waals surface area (Å²) >= 11 is 0. The Kier molecular flexibility index (Phi) is 16.2. The normalized spacial score (nSPS) is 16.3. The third kappa shape index (κ3) is 14.4. The van der Waals surface area contributed by atoms with Crippen LogP contribution in [0.25, 0.3) is 10.8 Å². The van der Waals surface area contributed by atoms with E-state index in [1.165, 1.54) is 6.92 Å². The number of guanidine groups is 1. The van der Waals surface area contributed by atoms with E-state index in [-0.39, 0.29) is 43.3 Å². The van der Waals surface area contributed by atoms with E-state index in [1.807, 2.05) is 48.5 Å². The summed E-state index contributed by atoms with van der Waals surface area (Å²) in [7, 11) is 0. The van der Waals surface area contributed by atoms with Gasteiger partial charge in [-0.3, -0.25) is 24.2 Å². The van der Waals surface area contributed by atoms with Gasteiger partial charge in [-0.25, -0.2) is 4.79 Å². The summed E-state index contributed by atoms with van der Waals surface area (Å²) in [6.07, 6.45) is -3.28. The number of hydrogen-bond donors (Lipinski definition) is 6. The molecule has 3 aromatic carbocycles. The van der Waals surface area contributed by atoms with Crippen LogP contribution < -0.4 is 27.8 Å². The van der Waals surface area contributed by atoms with Gasteiger partial charge in [-0.1, -0.05) is 66.7 Å². The molecule has 0 radical (unpaired) electrons. The Bertz CT molecular complexity index is 1770. The van der Waals surface area contributed by atoms with E-state index >= 15 is 0 Å². The quantitative estimate of drug-likeness (QED) is 0.0715. The monoisotopic (exact) mass is 757 g/mol. The van der Waals surface area contributed by atoms with Crippen LogP contribution in [0.2, 0.25) is 0 Å². The first-order valence-electron chi connectivity index (χ1n) is 17.2. The summed E-state index contributed by atoms with van der Waals surface area (Å²) in [6, 6.07) is 21.6. The number of aliphatic carboxylic acids is 1. The van der Waals surface area contributed by atoms with Gasteiger partial charge in [0, 0.05) is 38.9 Å². The number of fused-ring (bicyclic) bond motifs is 1. The second-order valence-electron chi connectivity index (χ2n) is 12.8. The van der Waals surface area contributed by atoms with E-state index in [2.05, 4.69) is 39.9 Å². The minimum atomic E-state index is -5.08. The van der Waals surface area contributed by atoms with E-state index in [1.54, 1.807) is 4.90 Å². The van der Waals surface area contributed by atoms with E-state index in [0.717, 1.165) is 21.9 Å². The number of halogens is 3. The minimum absolute atomic E-state index is 0.00874. The Morgan fingerprint density at radius 3 is 2.19 bits per heavy atom. The summed E-state index contributed by atoms with van der Waals surface area (Å²) in [5, 5.41) is 14.9. The number of likely N-dealkylation sites (tertiary alicyclic amines) is 1. The largest absolute Gasteiger partial charge is 0.490 e. The minimum Gasteiger partial charge on any atom is -0.475 e. The number of amides is 4. The van der Waals surface area contributed by atoms with Gasteiger partial charge in [0.2, 0.25) is 23.6 Å². The number of carbonyl (C=O) groups is 5. The molecule has 1 saturated heterocycles. The summed E-state index contributed by atoms with van der Waals surface area (Å²) in [5.74, 6) is -4.61. The lowest BCUT2D eigenvalue weighted by Crippen LogP contribution is -2.55. The molecular formula is C37H46F3N7O7. The number of primary amides is 1. The fourth-order valence-electron chi connectivity index (χ4n) is 5.94. The highest BCUT2D eigenvalue weighted by molar-refractivity contribution is 5.92. The van der Waals surface area contributed by atoms with E-state index in [4.69, 9.17) is 31.8 Å². The van der Waals surface area contributed by atoms with Crippen molar-refractivity contribution in [3.05, 3.63) is 83.9 Å². The predicted octanol–water partition coefficient (Wildman–Crippen LogP) is 2.51. The van der Waals surface area contributed by atoms with Crippen molar-refractivity contribution in [2.75, 3.05) is 13.1 Å². The first-order valence-corrected chi connectivity index (χ1v) is 17.2. The van der Waals surface area contributed by atoms with Gasteiger partial charge in [-0.2, -0.15) is 13.2 Å². The standard InChI is InChI=1S/C35H45N7O5.C2HF3O2/c1-23(43)40-30(15-16-32(36)44)33(45)41-31(19-24-8-3-2-4-9-24)34(46)42-21-29(20-28(42)12-7-17-39-35(37)38)47-22-25-13-14-26-10-5-6-11-27(26)18-25;3-2(4,5)1(6)7/h2-6,8-11,13-14,18,28-31H,7,12,15-17,19-22H2,1H3,(H2,36,44)(H,40,43)(H,41,45)(H4,37,38,39);(H,6,7)/t28-,29-,30-,31+;/m0./s1. The highest BCUT2D eigenvalue weighted by Crippen LogP contribution is 2.27. The number of alkyl halides is 3. The van der Waals surface area contributed by atoms with Gasteiger partial charge in [0.25, 0.3) is 0 Å². The summed E-state index contributed by atoms with van der Waals surface area (Å²) in [6.45, 7) is 2.44. The average molecular weight is 758 g/mol. The molecule has 4 atom stereocenters. The molecule has 4 amide bonds. The molecule has 54 heavy (non-hydrogen) atoms. The second-order valence-corrected chi connectivity index (χ2v) is 12.8. The fourth-order valence-corrected chi connectivity index (χ4v) is 5.94. The van der Waals surface area contributed by atoms with Crippen LogP contribution >= 0.6 is 0 Å². The van der Waals surface area contributed by atoms with Crippen molar-refractivity contribution in [2.24, 2.45) is 22.2 Å². The Morgan fingerprint density at radius 2 is 1.57 bits per heavy atom. The number of carbonyl (C=O) groups excluding carboxylic acids is 4. The highest BCUT2D eigenvalue weighted by Gasteiger charge is 2.40. The number of aliphatic imine (C=N–C) groups is 1. The molecule has 1 heterocycles. The summed E-state index contributed by atoms with van der Waals surface area (Å²) < 4.78 is 38.1. The van der Waals surface area contributed by atoms with Crippen LogP contribution in [-0.4, -0.2) is 89.1 Å². The molecular weight excluding hydrogens is 711 g/mol. The average Bonchev–Trinajstić information content (AvgIpc) is 3.53. The van der Waals surface area contributed by atoms with Gasteiger partial charge >= 0.3 is 12.1 Å². The zero-order valence-electron chi connectivity index (χ0n) is 29.8. The predicted molar refractivity (Wildman–Crippen MR) is 194 cm³/mol. The molecule has 4 rings (SSSR count). The molecule has 1 aliphatic heterocycles. The maximum absolute atomic E-state index is 14.3. The second kappa shape index (κ2) is 20.5. The van der Waals surface area contributed by atoms with E-state index in [0.29, 0.717) is 39.0 Å². The van der Waals surface area contributed by atoms with Crippen molar-refractivity contribution in [1.29, 1.82) is 0 Å². The Hall–Kier alpha value is -5.71. The third-order valence-electron chi connectivity index (χ3n) is 8.46. The van der Waals surface area contributed by atoms with Crippen LogP contribution in [-0.2, 0) is 41.7 Å². The van der Waals surface area contributed by atoms with Gasteiger partial charge in [-0.15, -0.1) is 0 Å². The van der Waals surface area contributed by atoms with E-state index < -0.39 is 42.0 Å². The molecule has 0 aromatic heterocycles. The van der Waals surface area contributed by atoms with Gasteiger partial charge in [0.05, 0.1) is 12.7 Å². The number of carboxylic acid groups (broad SMARTS) is 1. The molecule has 9 N–H and O–H groups in total. The third-order valence-corrected chi connectivity index (χ3v) is 8.46. The van der Waals surface area contributed by atoms with Crippen LogP contribution in [0.1, 0.15) is 50.2 Å². The zero-order chi connectivity index (χ0) is 39.8. The van der Waals surface area contributed by atoms with Crippen LogP contribution in [0.5, 0.6) is 0 Å². The van der Waals surface area contributed by atoms with Crippen LogP contribution in [0.3, 0.4) is 0 Å². The van der Waals surface area contributed by atoms with Crippen LogP contribution in [0.15, 0.2) is 77.8 Å². The first-order chi connectivity index (χ1) is 25.5. The molecule has 292 valence electrons. The van der Waals surface area contributed by atoms with Crippen LogP contribution in [0.4, 0.5) is 13.2 Å². The number of carboxylic acids is 1. The molecule has 0 saturated carbocycles. The summed E-state index contributed by atoms with van der Waals surface area (Å²) in [4.78, 5) is 65.9. The lowest BCUT2D eigenvalue weighted by Gasteiger charge is -2.30. The molecule has 1 fully saturated rings. The first kappa shape index (κ1) is 42.7. The van der Waals surface area contributed by atoms with Crippen molar-refractivity contribution in [3.8, 4) is 0 Å². The fraction of sp³-hybridized carbons (Fsp3) is 0.405. The van der Waals surface area contributed by atoms with Crippen molar-refractivity contribution in [2.45, 2.75) is 82.5 Å². The SMILES string of the molecule is CC(=O)N[C@@H](CCC(N)=O)C(=O)N[C@H](Cc1ccccc1)C(=O)N1C[C@@H](OCc2ccc3ccccc3c2)C[C@@H]1CCCN=C(N)N.O=C(O)C(F)(F)F. The Morgan fingerprint density at radius 1 is 0.926 bits per heavy atom.